The Balaban J connectivity index is 2.19. The molecule has 2 aromatic rings. The van der Waals surface area contributed by atoms with Crippen molar-refractivity contribution in [3.63, 3.8) is 0 Å². The molecule has 2 aromatic carbocycles. The minimum atomic E-state index is 0.252. The van der Waals surface area contributed by atoms with Gasteiger partial charge in [0.1, 0.15) is 5.75 Å². The van der Waals surface area contributed by atoms with E-state index in [1.807, 2.05) is 44.2 Å². The molecule has 0 atom stereocenters. The van der Waals surface area contributed by atoms with Crippen molar-refractivity contribution in [1.82, 2.24) is 0 Å². The van der Waals surface area contributed by atoms with E-state index >= 15 is 0 Å². The summed E-state index contributed by atoms with van der Waals surface area (Å²) in [6, 6.07) is 12.8. The maximum absolute atomic E-state index is 9.31. The van der Waals surface area contributed by atoms with Crippen LogP contribution in [-0.2, 0) is 0 Å². The number of nitrogens with zero attached hydrogens (tertiary/aromatic N) is 1. The van der Waals surface area contributed by atoms with E-state index in [2.05, 4.69) is 10.5 Å². The van der Waals surface area contributed by atoms with E-state index in [1.165, 1.54) is 0 Å². The summed E-state index contributed by atoms with van der Waals surface area (Å²) >= 11 is 6.08. The van der Waals surface area contributed by atoms with Crippen LogP contribution in [0.5, 0.6) is 5.75 Å². The zero-order valence-electron chi connectivity index (χ0n) is 11.5. The highest BCUT2D eigenvalue weighted by molar-refractivity contribution is 6.31. The van der Waals surface area contributed by atoms with Crippen LogP contribution in [-0.4, -0.2) is 10.8 Å². The van der Waals surface area contributed by atoms with Crippen LogP contribution >= 0.6 is 11.6 Å². The number of aryl methyl sites for hydroxylation is 1. The number of anilines is 1. The van der Waals surface area contributed by atoms with Crippen molar-refractivity contribution in [1.29, 1.82) is 0 Å². The number of hydrogen-bond acceptors (Lipinski definition) is 3. The van der Waals surface area contributed by atoms with Crippen LogP contribution < -0.4 is 5.43 Å². The molecule has 104 valence electrons. The Morgan fingerprint density at radius 3 is 2.50 bits per heavy atom. The first-order valence-corrected chi connectivity index (χ1v) is 6.86. The van der Waals surface area contributed by atoms with Gasteiger partial charge in [-0.3, -0.25) is 5.43 Å². The molecule has 0 spiro atoms. The zero-order chi connectivity index (χ0) is 14.5. The quantitative estimate of drug-likeness (QED) is 0.639. The predicted octanol–water partition coefficient (Wildman–Crippen LogP) is 4.58. The first kappa shape index (κ1) is 14.4. The smallest absolute Gasteiger partial charge is 0.115 e. The maximum atomic E-state index is 9.31. The second-order valence-electron chi connectivity index (χ2n) is 4.53. The lowest BCUT2D eigenvalue weighted by Crippen LogP contribution is -2.03. The molecule has 2 N–H and O–H groups in total. The summed E-state index contributed by atoms with van der Waals surface area (Å²) in [5.74, 6) is 0.252. The molecule has 0 saturated heterocycles. The molecule has 20 heavy (non-hydrogen) atoms. The third-order valence-corrected chi connectivity index (χ3v) is 3.43. The average Bonchev–Trinajstić information content (AvgIpc) is 2.45. The Bertz CT molecular complexity index is 621. The summed E-state index contributed by atoms with van der Waals surface area (Å²) in [5, 5.41) is 14.4. The van der Waals surface area contributed by atoms with E-state index in [0.29, 0.717) is 5.02 Å². The number of aromatic hydroxyl groups is 1. The second kappa shape index (κ2) is 6.44. The largest absolute Gasteiger partial charge is 0.508 e. The maximum Gasteiger partial charge on any atom is 0.115 e. The topological polar surface area (TPSA) is 44.6 Å². The van der Waals surface area contributed by atoms with Gasteiger partial charge in [0.2, 0.25) is 0 Å². The molecule has 2 rings (SSSR count). The number of hydrogen-bond donors (Lipinski definition) is 2. The van der Waals surface area contributed by atoms with Gasteiger partial charge in [0.05, 0.1) is 11.4 Å². The van der Waals surface area contributed by atoms with E-state index in [-0.39, 0.29) is 5.75 Å². The van der Waals surface area contributed by atoms with Gasteiger partial charge in [0, 0.05) is 5.02 Å². The van der Waals surface area contributed by atoms with Crippen LogP contribution in [0, 0.1) is 6.92 Å². The number of phenols is 1. The third-order valence-electron chi connectivity index (χ3n) is 3.03. The summed E-state index contributed by atoms with van der Waals surface area (Å²) in [5.41, 5.74) is 6.81. The zero-order valence-corrected chi connectivity index (χ0v) is 12.3. The lowest BCUT2D eigenvalue weighted by atomic mass is 10.1. The molecule has 0 amide bonds. The van der Waals surface area contributed by atoms with E-state index < -0.39 is 0 Å². The van der Waals surface area contributed by atoms with Gasteiger partial charge in [0.15, 0.2) is 0 Å². The summed E-state index contributed by atoms with van der Waals surface area (Å²) in [4.78, 5) is 0. The van der Waals surface area contributed by atoms with Crippen molar-refractivity contribution in [3.05, 3.63) is 58.6 Å². The number of hydrazone groups is 1. The van der Waals surface area contributed by atoms with Gasteiger partial charge in [-0.1, -0.05) is 24.6 Å². The molecule has 3 nitrogen and oxygen atoms in total. The van der Waals surface area contributed by atoms with Gasteiger partial charge in [-0.15, -0.1) is 0 Å². The summed E-state index contributed by atoms with van der Waals surface area (Å²) < 4.78 is 0. The van der Waals surface area contributed by atoms with Crippen molar-refractivity contribution in [2.24, 2.45) is 5.10 Å². The van der Waals surface area contributed by atoms with Crippen LogP contribution in [0.2, 0.25) is 5.02 Å². The lowest BCUT2D eigenvalue weighted by molar-refractivity contribution is 0.475. The van der Waals surface area contributed by atoms with Crippen molar-refractivity contribution < 1.29 is 5.11 Å². The lowest BCUT2D eigenvalue weighted by Gasteiger charge is -2.07. The summed E-state index contributed by atoms with van der Waals surface area (Å²) in [7, 11) is 0. The molecule has 0 bridgehead atoms. The number of nitrogens with one attached hydrogen (secondary N) is 1. The Labute approximate surface area is 123 Å². The third kappa shape index (κ3) is 3.52. The number of rotatable bonds is 4. The predicted molar refractivity (Wildman–Crippen MR) is 84.7 cm³/mol. The van der Waals surface area contributed by atoms with Crippen molar-refractivity contribution in [3.8, 4) is 5.75 Å². The number of benzene rings is 2. The van der Waals surface area contributed by atoms with Gasteiger partial charge >= 0.3 is 0 Å². The van der Waals surface area contributed by atoms with Crippen LogP contribution in [0.3, 0.4) is 0 Å². The fraction of sp³-hybridized carbons (Fsp3) is 0.188. The molecule has 0 radical (unpaired) electrons. The SMILES string of the molecule is CC/C(=N\Nc1ccc(C)c(Cl)c1)c1ccc(O)cc1. The molecular formula is C16H17ClN2O. The standard InChI is InChI=1S/C16H17ClN2O/c1-3-16(12-5-8-14(20)9-6-12)19-18-13-7-4-11(2)15(17)10-13/h4-10,18,20H,3H2,1-2H3/b19-16+. The van der Waals surface area contributed by atoms with Gasteiger partial charge in [0.25, 0.3) is 0 Å². The Morgan fingerprint density at radius 1 is 1.20 bits per heavy atom. The molecular weight excluding hydrogens is 272 g/mol. The molecule has 0 aliphatic rings. The molecule has 0 aliphatic heterocycles. The fourth-order valence-corrected chi connectivity index (χ4v) is 1.98. The number of halogens is 1. The average molecular weight is 289 g/mol. The highest BCUT2D eigenvalue weighted by Gasteiger charge is 2.02. The normalized spacial score (nSPS) is 11.4. The number of phenolic OH excluding ortho intramolecular Hbond substituents is 1. The Morgan fingerprint density at radius 2 is 1.90 bits per heavy atom. The first-order chi connectivity index (χ1) is 9.60. The Kier molecular flexibility index (Phi) is 4.64. The van der Waals surface area contributed by atoms with Gasteiger partial charge in [-0.05, 0) is 60.9 Å². The second-order valence-corrected chi connectivity index (χ2v) is 4.94. The molecule has 4 heteroatoms. The highest BCUT2D eigenvalue weighted by atomic mass is 35.5. The van der Waals surface area contributed by atoms with Crippen LogP contribution in [0.25, 0.3) is 0 Å². The monoisotopic (exact) mass is 288 g/mol. The van der Waals surface area contributed by atoms with Gasteiger partial charge in [-0.2, -0.15) is 5.10 Å². The van der Waals surface area contributed by atoms with Crippen molar-refractivity contribution in [2.75, 3.05) is 5.43 Å². The minimum Gasteiger partial charge on any atom is -0.508 e. The summed E-state index contributed by atoms with van der Waals surface area (Å²) in [6.07, 6.45) is 0.789. The molecule has 0 aliphatic carbocycles. The summed E-state index contributed by atoms with van der Waals surface area (Å²) in [6.45, 7) is 4.00. The van der Waals surface area contributed by atoms with Crippen LogP contribution in [0.4, 0.5) is 5.69 Å². The first-order valence-electron chi connectivity index (χ1n) is 6.48. The molecule has 0 saturated carbocycles. The molecule has 0 heterocycles. The van der Waals surface area contributed by atoms with E-state index in [0.717, 1.165) is 28.9 Å². The molecule has 0 unspecified atom stereocenters. The van der Waals surface area contributed by atoms with Gasteiger partial charge < -0.3 is 5.11 Å². The molecule has 0 fully saturated rings. The Hall–Kier alpha value is -2.00. The van der Waals surface area contributed by atoms with E-state index in [1.54, 1.807) is 12.1 Å². The highest BCUT2D eigenvalue weighted by Crippen LogP contribution is 2.20. The van der Waals surface area contributed by atoms with Crippen LogP contribution in [0.1, 0.15) is 24.5 Å². The van der Waals surface area contributed by atoms with Crippen molar-refractivity contribution >= 4 is 23.0 Å². The minimum absolute atomic E-state index is 0.252. The fourth-order valence-electron chi connectivity index (χ4n) is 1.80. The van der Waals surface area contributed by atoms with E-state index in [4.69, 9.17) is 11.6 Å². The molecule has 0 aromatic heterocycles. The van der Waals surface area contributed by atoms with Crippen LogP contribution in [0.15, 0.2) is 47.6 Å². The van der Waals surface area contributed by atoms with E-state index in [9.17, 15) is 5.11 Å². The van der Waals surface area contributed by atoms with Gasteiger partial charge in [-0.25, -0.2) is 0 Å². The van der Waals surface area contributed by atoms with Crippen molar-refractivity contribution in [2.45, 2.75) is 20.3 Å².